The Hall–Kier alpha value is -3.09. The van der Waals surface area contributed by atoms with Crippen molar-refractivity contribution in [3.8, 4) is 0 Å². The van der Waals surface area contributed by atoms with Gasteiger partial charge < -0.3 is 4.74 Å². The lowest BCUT2D eigenvalue weighted by molar-refractivity contribution is -0.144. The fraction of sp³-hybridized carbons (Fsp3) is 0.276. The van der Waals surface area contributed by atoms with Crippen molar-refractivity contribution in [1.82, 2.24) is 4.90 Å². The third-order valence-corrected chi connectivity index (χ3v) is 6.66. The molecule has 1 aliphatic heterocycles. The van der Waals surface area contributed by atoms with Crippen LogP contribution in [0.3, 0.4) is 0 Å². The van der Waals surface area contributed by atoms with E-state index >= 15 is 0 Å². The first-order valence-electron chi connectivity index (χ1n) is 11.9. The van der Waals surface area contributed by atoms with Crippen LogP contribution in [0.1, 0.15) is 47.1 Å². The van der Waals surface area contributed by atoms with Crippen LogP contribution in [-0.4, -0.2) is 30.5 Å². The van der Waals surface area contributed by atoms with E-state index in [1.54, 1.807) is 12.1 Å². The highest BCUT2D eigenvalue weighted by Gasteiger charge is 2.30. The number of ether oxygens (including phenoxy) is 1. The maximum absolute atomic E-state index is 13.0. The van der Waals surface area contributed by atoms with Gasteiger partial charge in [-0.3, -0.25) is 4.90 Å². The second-order valence-electron chi connectivity index (χ2n) is 8.92. The number of carbonyl (C=O) groups is 1. The van der Waals surface area contributed by atoms with Crippen molar-refractivity contribution in [3.63, 3.8) is 0 Å². The first-order chi connectivity index (χ1) is 17.3. The van der Waals surface area contributed by atoms with Crippen LogP contribution in [0.5, 0.6) is 0 Å². The molecule has 0 spiro atoms. The van der Waals surface area contributed by atoms with E-state index in [4.69, 9.17) is 16.3 Å². The molecular weight excluding hydrogens is 487 g/mol. The van der Waals surface area contributed by atoms with Crippen molar-refractivity contribution in [1.29, 1.82) is 0 Å². The lowest BCUT2D eigenvalue weighted by Crippen LogP contribution is -2.37. The SMILES string of the molecule is O=C(/C=C/c1cccc(C(F)(F)F)c1)OC(CN1CCC(c2ccccc2)CC1)c1ccc(Cl)cc1. The average molecular weight is 514 g/mol. The zero-order chi connectivity index (χ0) is 25.5. The van der Waals surface area contributed by atoms with E-state index in [9.17, 15) is 18.0 Å². The number of likely N-dealkylation sites (tertiary alicyclic amines) is 1. The van der Waals surface area contributed by atoms with Gasteiger partial charge in [0.05, 0.1) is 5.56 Å². The number of rotatable bonds is 7. The molecule has 0 aromatic heterocycles. The van der Waals surface area contributed by atoms with Crippen LogP contribution < -0.4 is 0 Å². The van der Waals surface area contributed by atoms with Crippen LogP contribution in [0.4, 0.5) is 13.2 Å². The van der Waals surface area contributed by atoms with Gasteiger partial charge in [0.25, 0.3) is 0 Å². The molecule has 188 valence electrons. The average Bonchev–Trinajstić information content (AvgIpc) is 2.88. The molecule has 0 bridgehead atoms. The molecule has 1 atom stereocenters. The maximum Gasteiger partial charge on any atom is 0.416 e. The molecule has 3 nitrogen and oxygen atoms in total. The predicted molar refractivity (Wildman–Crippen MR) is 136 cm³/mol. The number of halogens is 4. The van der Waals surface area contributed by atoms with Gasteiger partial charge in [-0.1, -0.05) is 66.2 Å². The van der Waals surface area contributed by atoms with E-state index in [-0.39, 0.29) is 5.56 Å². The minimum Gasteiger partial charge on any atom is -0.453 e. The third kappa shape index (κ3) is 7.21. The number of carbonyl (C=O) groups excluding carboxylic acids is 1. The fourth-order valence-electron chi connectivity index (χ4n) is 4.46. The maximum atomic E-state index is 13.0. The van der Waals surface area contributed by atoms with E-state index in [2.05, 4.69) is 29.2 Å². The van der Waals surface area contributed by atoms with E-state index in [1.165, 1.54) is 29.8 Å². The van der Waals surface area contributed by atoms with Crippen molar-refractivity contribution < 1.29 is 22.7 Å². The molecule has 4 rings (SSSR count). The zero-order valence-electron chi connectivity index (χ0n) is 19.6. The Kier molecular flexibility index (Phi) is 8.49. The molecule has 0 N–H and O–H groups in total. The number of piperidine rings is 1. The summed E-state index contributed by atoms with van der Waals surface area (Å²) in [6.07, 6.45) is -0.448. The fourth-order valence-corrected chi connectivity index (χ4v) is 4.59. The third-order valence-electron chi connectivity index (χ3n) is 6.41. The standard InChI is InChI=1S/C29H27ClF3NO2/c30-26-12-10-24(11-13-26)27(20-34-17-15-23(16-18-34)22-6-2-1-3-7-22)36-28(35)14-9-21-5-4-8-25(19-21)29(31,32)33/h1-14,19,23,27H,15-18,20H2/b14-9+. The van der Waals surface area contributed by atoms with Crippen LogP contribution in [0, 0.1) is 0 Å². The van der Waals surface area contributed by atoms with Gasteiger partial charge in [-0.05, 0) is 78.9 Å². The summed E-state index contributed by atoms with van der Waals surface area (Å²) in [4.78, 5) is 14.9. The molecule has 7 heteroatoms. The number of nitrogens with zero attached hydrogens (tertiary/aromatic N) is 1. The molecule has 1 heterocycles. The van der Waals surface area contributed by atoms with Gasteiger partial charge in [0, 0.05) is 17.6 Å². The molecule has 1 aliphatic rings. The number of alkyl halides is 3. The Bertz CT molecular complexity index is 1170. The molecule has 3 aromatic rings. The van der Waals surface area contributed by atoms with Gasteiger partial charge in [0.2, 0.25) is 0 Å². The summed E-state index contributed by atoms with van der Waals surface area (Å²) < 4.78 is 44.7. The van der Waals surface area contributed by atoms with Crippen LogP contribution in [0.25, 0.3) is 6.08 Å². The van der Waals surface area contributed by atoms with Crippen molar-refractivity contribution in [3.05, 3.63) is 112 Å². The van der Waals surface area contributed by atoms with Gasteiger partial charge >= 0.3 is 12.1 Å². The summed E-state index contributed by atoms with van der Waals surface area (Å²) in [5, 5.41) is 0.581. The molecule has 0 amide bonds. The molecule has 36 heavy (non-hydrogen) atoms. The van der Waals surface area contributed by atoms with Crippen molar-refractivity contribution in [2.24, 2.45) is 0 Å². The van der Waals surface area contributed by atoms with E-state index < -0.39 is 23.8 Å². The van der Waals surface area contributed by atoms with Gasteiger partial charge in [0.1, 0.15) is 6.10 Å². The molecule has 0 aliphatic carbocycles. The van der Waals surface area contributed by atoms with Crippen molar-refractivity contribution in [2.75, 3.05) is 19.6 Å². The highest BCUT2D eigenvalue weighted by atomic mass is 35.5. The molecule has 3 aromatic carbocycles. The van der Waals surface area contributed by atoms with Gasteiger partial charge in [-0.25, -0.2) is 4.79 Å². The lowest BCUT2D eigenvalue weighted by atomic mass is 9.89. The Morgan fingerprint density at radius 1 is 1.00 bits per heavy atom. The first-order valence-corrected chi connectivity index (χ1v) is 12.2. The largest absolute Gasteiger partial charge is 0.453 e. The van der Waals surface area contributed by atoms with Crippen LogP contribution >= 0.6 is 11.6 Å². The number of hydrogen-bond acceptors (Lipinski definition) is 3. The van der Waals surface area contributed by atoms with Crippen LogP contribution in [-0.2, 0) is 15.7 Å². The van der Waals surface area contributed by atoms with Gasteiger partial charge in [0.15, 0.2) is 0 Å². The Labute approximate surface area is 214 Å². The summed E-state index contributed by atoms with van der Waals surface area (Å²) in [7, 11) is 0. The zero-order valence-corrected chi connectivity index (χ0v) is 20.4. The lowest BCUT2D eigenvalue weighted by Gasteiger charge is -2.34. The van der Waals surface area contributed by atoms with Crippen LogP contribution in [0.15, 0.2) is 84.9 Å². The van der Waals surface area contributed by atoms with Crippen molar-refractivity contribution in [2.45, 2.75) is 31.0 Å². The monoisotopic (exact) mass is 513 g/mol. The molecule has 1 saturated heterocycles. The minimum atomic E-state index is -4.45. The highest BCUT2D eigenvalue weighted by molar-refractivity contribution is 6.30. The minimum absolute atomic E-state index is 0.271. The number of benzene rings is 3. The number of hydrogen-bond donors (Lipinski definition) is 0. The summed E-state index contributed by atoms with van der Waals surface area (Å²) in [5.41, 5.74) is 1.66. The molecule has 1 unspecified atom stereocenters. The summed E-state index contributed by atoms with van der Waals surface area (Å²) in [6.45, 7) is 2.27. The van der Waals surface area contributed by atoms with E-state index in [1.807, 2.05) is 18.2 Å². The van der Waals surface area contributed by atoms with E-state index in [0.29, 0.717) is 17.5 Å². The molecule has 0 radical (unpaired) electrons. The second kappa shape index (κ2) is 11.8. The quantitative estimate of drug-likeness (QED) is 0.241. The highest BCUT2D eigenvalue weighted by Crippen LogP contribution is 2.31. The predicted octanol–water partition coefficient (Wildman–Crippen LogP) is 7.54. The smallest absolute Gasteiger partial charge is 0.416 e. The van der Waals surface area contributed by atoms with Crippen molar-refractivity contribution >= 4 is 23.6 Å². The topological polar surface area (TPSA) is 29.5 Å². The summed E-state index contributed by atoms with van der Waals surface area (Å²) in [5.74, 6) is -0.110. The normalized spacial score (nSPS) is 16.2. The molecular formula is C29H27ClF3NO2. The van der Waals surface area contributed by atoms with Crippen LogP contribution in [0.2, 0.25) is 5.02 Å². The Morgan fingerprint density at radius 2 is 1.69 bits per heavy atom. The first kappa shape index (κ1) is 26.0. The molecule has 0 saturated carbocycles. The molecule has 1 fully saturated rings. The van der Waals surface area contributed by atoms with Gasteiger partial charge in [-0.2, -0.15) is 13.2 Å². The Balaban J connectivity index is 1.42. The Morgan fingerprint density at radius 3 is 2.36 bits per heavy atom. The summed E-state index contributed by atoms with van der Waals surface area (Å²) in [6, 6.07) is 22.4. The number of esters is 1. The second-order valence-corrected chi connectivity index (χ2v) is 9.36. The summed E-state index contributed by atoms with van der Waals surface area (Å²) >= 11 is 6.04. The van der Waals surface area contributed by atoms with E-state index in [0.717, 1.165) is 43.6 Å². The van der Waals surface area contributed by atoms with Gasteiger partial charge in [-0.15, -0.1) is 0 Å².